The van der Waals surface area contributed by atoms with E-state index < -0.39 is 0 Å². The minimum atomic E-state index is -0.235. The van der Waals surface area contributed by atoms with Crippen LogP contribution in [0, 0.1) is 6.92 Å². The zero-order chi connectivity index (χ0) is 22.0. The third-order valence-electron chi connectivity index (χ3n) is 5.90. The Labute approximate surface area is 185 Å². The molecule has 0 bridgehead atoms. The van der Waals surface area contributed by atoms with E-state index in [9.17, 15) is 9.59 Å². The highest BCUT2D eigenvalue weighted by atomic mass is 32.1. The zero-order valence-electron chi connectivity index (χ0n) is 18.1. The molecule has 0 atom stereocenters. The standard InChI is InChI=1S/C23H27N3O4S/c1-14-19(22(27)24-12-15-9-10-17(29-2)18(11-15)30-3)20-21(31-14)23(28)26(13-25-20)16-7-5-4-6-8-16/h9-11,13,16H,4-8,12H2,1-3H3,(H,24,27). The normalized spacial score (nSPS) is 14.5. The maximum Gasteiger partial charge on any atom is 0.271 e. The summed E-state index contributed by atoms with van der Waals surface area (Å²) in [5, 5.41) is 2.94. The predicted molar refractivity (Wildman–Crippen MR) is 121 cm³/mol. The average molecular weight is 442 g/mol. The molecular formula is C23H27N3O4S. The number of aromatic nitrogens is 2. The number of methoxy groups -OCH3 is 2. The minimum Gasteiger partial charge on any atom is -0.493 e. The number of ether oxygens (including phenoxy) is 2. The van der Waals surface area contributed by atoms with Crippen molar-refractivity contribution in [1.29, 1.82) is 0 Å². The highest BCUT2D eigenvalue weighted by molar-refractivity contribution is 7.19. The number of amides is 1. The van der Waals surface area contributed by atoms with Crippen molar-refractivity contribution in [1.82, 2.24) is 14.9 Å². The third-order valence-corrected chi connectivity index (χ3v) is 6.98. The summed E-state index contributed by atoms with van der Waals surface area (Å²) >= 11 is 1.35. The van der Waals surface area contributed by atoms with Crippen LogP contribution in [0.5, 0.6) is 11.5 Å². The number of nitrogens with one attached hydrogen (secondary N) is 1. The second kappa shape index (κ2) is 9.09. The topological polar surface area (TPSA) is 82.5 Å². The lowest BCUT2D eigenvalue weighted by Crippen LogP contribution is -2.27. The molecule has 0 aliphatic heterocycles. The summed E-state index contributed by atoms with van der Waals surface area (Å²) in [7, 11) is 3.16. The predicted octanol–water partition coefficient (Wildman–Crippen LogP) is 4.22. The maximum absolute atomic E-state index is 13.1. The van der Waals surface area contributed by atoms with E-state index >= 15 is 0 Å². The fourth-order valence-corrected chi connectivity index (χ4v) is 5.28. The molecule has 1 amide bonds. The molecule has 7 nitrogen and oxygen atoms in total. The van der Waals surface area contributed by atoms with Gasteiger partial charge in [0, 0.05) is 17.5 Å². The van der Waals surface area contributed by atoms with E-state index in [1.54, 1.807) is 31.2 Å². The Morgan fingerprint density at radius 1 is 1.19 bits per heavy atom. The lowest BCUT2D eigenvalue weighted by Gasteiger charge is -2.23. The number of hydrogen-bond donors (Lipinski definition) is 1. The molecule has 1 aliphatic carbocycles. The van der Waals surface area contributed by atoms with Gasteiger partial charge in [-0.1, -0.05) is 25.3 Å². The van der Waals surface area contributed by atoms with Crippen molar-refractivity contribution >= 4 is 27.5 Å². The molecule has 164 valence electrons. The molecule has 0 unspecified atom stereocenters. The molecule has 1 saturated carbocycles. The van der Waals surface area contributed by atoms with Crippen LogP contribution in [0.1, 0.15) is 58.9 Å². The molecule has 1 fully saturated rings. The molecule has 0 radical (unpaired) electrons. The van der Waals surface area contributed by atoms with Crippen LogP contribution in [0.4, 0.5) is 0 Å². The number of hydrogen-bond acceptors (Lipinski definition) is 6. The molecule has 1 aliphatic rings. The number of rotatable bonds is 6. The third kappa shape index (κ3) is 4.17. The molecule has 1 aromatic carbocycles. The van der Waals surface area contributed by atoms with Crippen LogP contribution < -0.4 is 20.3 Å². The maximum atomic E-state index is 13.1. The van der Waals surface area contributed by atoms with E-state index in [-0.39, 0.29) is 17.5 Å². The largest absolute Gasteiger partial charge is 0.493 e. The molecule has 2 aromatic heterocycles. The van der Waals surface area contributed by atoms with Crippen LogP contribution in [-0.2, 0) is 6.54 Å². The highest BCUT2D eigenvalue weighted by Crippen LogP contribution is 2.31. The molecule has 3 aromatic rings. The number of fused-ring (bicyclic) bond motifs is 1. The van der Waals surface area contributed by atoms with Crippen LogP contribution in [0.15, 0.2) is 29.3 Å². The first-order valence-corrected chi connectivity index (χ1v) is 11.3. The number of carbonyl (C=O) groups excluding carboxylic acids is 1. The van der Waals surface area contributed by atoms with Gasteiger partial charge >= 0.3 is 0 Å². The Bertz CT molecular complexity index is 1160. The molecular weight excluding hydrogens is 414 g/mol. The van der Waals surface area contributed by atoms with Gasteiger partial charge in [-0.2, -0.15) is 0 Å². The zero-order valence-corrected chi connectivity index (χ0v) is 18.9. The van der Waals surface area contributed by atoms with Crippen molar-refractivity contribution in [3.8, 4) is 11.5 Å². The fourth-order valence-electron chi connectivity index (χ4n) is 4.24. The molecule has 1 N–H and O–H groups in total. The summed E-state index contributed by atoms with van der Waals surface area (Å²) in [6.07, 6.45) is 7.15. The van der Waals surface area contributed by atoms with Crippen molar-refractivity contribution in [2.45, 2.75) is 51.6 Å². The van der Waals surface area contributed by atoms with Gasteiger partial charge in [0.15, 0.2) is 11.5 Å². The second-order valence-corrected chi connectivity index (χ2v) is 9.06. The van der Waals surface area contributed by atoms with Gasteiger partial charge in [0.05, 0.1) is 26.1 Å². The van der Waals surface area contributed by atoms with Crippen LogP contribution in [-0.4, -0.2) is 29.7 Å². The van der Waals surface area contributed by atoms with Crippen LogP contribution in [0.3, 0.4) is 0 Å². The van der Waals surface area contributed by atoms with E-state index in [0.29, 0.717) is 33.8 Å². The molecule has 0 spiro atoms. The quantitative estimate of drug-likeness (QED) is 0.619. The van der Waals surface area contributed by atoms with Gasteiger partial charge in [-0.25, -0.2) is 4.98 Å². The van der Waals surface area contributed by atoms with E-state index in [0.717, 1.165) is 36.1 Å². The van der Waals surface area contributed by atoms with E-state index in [2.05, 4.69) is 10.3 Å². The van der Waals surface area contributed by atoms with E-state index in [1.807, 2.05) is 19.1 Å². The molecule has 4 rings (SSSR count). The van der Waals surface area contributed by atoms with Gasteiger partial charge in [0.1, 0.15) is 10.2 Å². The molecule has 8 heteroatoms. The Hall–Kier alpha value is -2.87. The fraction of sp³-hybridized carbons (Fsp3) is 0.435. The van der Waals surface area contributed by atoms with Crippen molar-refractivity contribution in [3.63, 3.8) is 0 Å². The first kappa shape index (κ1) is 21.4. The van der Waals surface area contributed by atoms with E-state index in [1.165, 1.54) is 17.8 Å². The summed E-state index contributed by atoms with van der Waals surface area (Å²) in [6, 6.07) is 5.73. The Kier molecular flexibility index (Phi) is 6.27. The van der Waals surface area contributed by atoms with Crippen LogP contribution >= 0.6 is 11.3 Å². The monoisotopic (exact) mass is 441 g/mol. The Balaban J connectivity index is 1.57. The lowest BCUT2D eigenvalue weighted by atomic mass is 9.95. The summed E-state index contributed by atoms with van der Waals surface area (Å²) in [5.74, 6) is 1.01. The molecule has 31 heavy (non-hydrogen) atoms. The molecule has 0 saturated heterocycles. The Morgan fingerprint density at radius 2 is 1.94 bits per heavy atom. The smallest absolute Gasteiger partial charge is 0.271 e. The highest BCUT2D eigenvalue weighted by Gasteiger charge is 2.23. The lowest BCUT2D eigenvalue weighted by molar-refractivity contribution is 0.0952. The minimum absolute atomic E-state index is 0.0380. The average Bonchev–Trinajstić information content (AvgIpc) is 3.15. The summed E-state index contributed by atoms with van der Waals surface area (Å²) in [5.41, 5.74) is 1.82. The van der Waals surface area contributed by atoms with Gasteiger partial charge in [0.25, 0.3) is 11.5 Å². The van der Waals surface area contributed by atoms with Gasteiger partial charge in [-0.3, -0.25) is 14.2 Å². The first-order chi connectivity index (χ1) is 15.0. The number of thiophene rings is 1. The van der Waals surface area contributed by atoms with Gasteiger partial charge < -0.3 is 14.8 Å². The van der Waals surface area contributed by atoms with E-state index in [4.69, 9.17) is 9.47 Å². The van der Waals surface area contributed by atoms with Crippen LogP contribution in [0.2, 0.25) is 0 Å². The SMILES string of the molecule is COc1ccc(CNC(=O)c2c(C)sc3c(=O)n(C4CCCCC4)cnc23)cc1OC. The Morgan fingerprint density at radius 3 is 2.65 bits per heavy atom. The van der Waals surface area contributed by atoms with Crippen molar-refractivity contribution in [3.05, 3.63) is 50.9 Å². The van der Waals surface area contributed by atoms with Crippen molar-refractivity contribution < 1.29 is 14.3 Å². The number of carbonyl (C=O) groups is 1. The van der Waals surface area contributed by atoms with Gasteiger partial charge in [0.2, 0.25) is 0 Å². The summed E-state index contributed by atoms with van der Waals surface area (Å²) < 4.78 is 12.9. The summed E-state index contributed by atoms with van der Waals surface area (Å²) in [4.78, 5) is 31.4. The number of nitrogens with zero attached hydrogens (tertiary/aromatic N) is 2. The molecule has 2 heterocycles. The first-order valence-electron chi connectivity index (χ1n) is 10.5. The van der Waals surface area contributed by atoms with Crippen molar-refractivity contribution in [2.75, 3.05) is 14.2 Å². The van der Waals surface area contributed by atoms with Crippen molar-refractivity contribution in [2.24, 2.45) is 0 Å². The van der Waals surface area contributed by atoms with Gasteiger partial charge in [-0.05, 0) is 37.5 Å². The summed E-state index contributed by atoms with van der Waals surface area (Å²) in [6.45, 7) is 2.19. The number of benzene rings is 1. The van der Waals surface area contributed by atoms with Crippen LogP contribution in [0.25, 0.3) is 10.2 Å². The number of aryl methyl sites for hydroxylation is 1. The second-order valence-electron chi connectivity index (χ2n) is 7.83. The van der Waals surface area contributed by atoms with Gasteiger partial charge in [-0.15, -0.1) is 11.3 Å².